The van der Waals surface area contributed by atoms with Crippen LogP contribution in [0.2, 0.25) is 0 Å². The maximum absolute atomic E-state index is 13.0. The Hall–Kier alpha value is -2.01. The van der Waals surface area contributed by atoms with E-state index >= 15 is 0 Å². The quantitative estimate of drug-likeness (QED) is 0.349. The summed E-state index contributed by atoms with van der Waals surface area (Å²) in [5.41, 5.74) is 1.58. The van der Waals surface area contributed by atoms with Gasteiger partial charge in [-0.25, -0.2) is 0 Å². The number of benzene rings is 2. The molecule has 2 aromatic rings. The lowest BCUT2D eigenvalue weighted by atomic mass is 10.1. The van der Waals surface area contributed by atoms with Crippen LogP contribution in [0.1, 0.15) is 11.1 Å². The van der Waals surface area contributed by atoms with Gasteiger partial charge in [0.1, 0.15) is 5.75 Å². The molecule has 0 bridgehead atoms. The van der Waals surface area contributed by atoms with Crippen LogP contribution in [0.25, 0.3) is 0 Å². The third kappa shape index (κ3) is 6.76. The highest BCUT2D eigenvalue weighted by Crippen LogP contribution is 2.29. The van der Waals surface area contributed by atoms with Crippen LogP contribution in [-0.2, 0) is 11.9 Å². The fourth-order valence-corrected chi connectivity index (χ4v) is 2.84. The van der Waals surface area contributed by atoms with Gasteiger partial charge in [0.2, 0.25) is 0 Å². The molecule has 1 unspecified atom stereocenters. The number of nitrogens with zero attached hydrogens (tertiary/aromatic N) is 1. The Kier molecular flexibility index (Phi) is 7.98. The Labute approximate surface area is 176 Å². The maximum Gasteiger partial charge on any atom is 0.461 e. The minimum Gasteiger partial charge on any atom is -0.428 e. The lowest BCUT2D eigenvalue weighted by Gasteiger charge is -2.29. The molecule has 11 heteroatoms. The Balaban J connectivity index is 2.22. The molecular weight excluding hydrogens is 487 g/mol. The Morgan fingerprint density at radius 3 is 2.13 bits per heavy atom. The molecule has 0 radical (unpaired) electrons. The Bertz CT molecular complexity index is 815. The fraction of sp³-hybridized carbons (Fsp3) is 0.368. The standard InChI is InChI=1S/C19H17BrF7NO2/c20-9-13-2-1-3-14(8-13)28(11-16(29)18(23,24)25)10-12-4-6-15(7-5-12)30-19(26,27)17(21)22/h1-8,16-17,29H,9-11H2. The first-order valence-corrected chi connectivity index (χ1v) is 9.63. The van der Waals surface area contributed by atoms with Gasteiger partial charge in [0.05, 0.1) is 6.54 Å². The summed E-state index contributed by atoms with van der Waals surface area (Å²) in [6.07, 6.45) is -16.1. The number of aliphatic hydroxyl groups excluding tert-OH is 1. The minimum absolute atomic E-state index is 0.107. The normalized spacial score (nSPS) is 13.4. The van der Waals surface area contributed by atoms with Gasteiger partial charge >= 0.3 is 18.7 Å². The van der Waals surface area contributed by atoms with Crippen molar-refractivity contribution in [2.24, 2.45) is 0 Å². The van der Waals surface area contributed by atoms with Gasteiger partial charge in [0, 0.05) is 17.6 Å². The molecule has 1 N–H and O–H groups in total. The SMILES string of the molecule is OC(CN(Cc1ccc(OC(F)(F)C(F)F)cc1)c1cccc(CBr)c1)C(F)(F)F. The molecule has 0 fully saturated rings. The van der Waals surface area contributed by atoms with Crippen LogP contribution in [0, 0.1) is 0 Å². The molecule has 0 heterocycles. The largest absolute Gasteiger partial charge is 0.461 e. The number of hydrogen-bond acceptors (Lipinski definition) is 3. The van der Waals surface area contributed by atoms with Gasteiger partial charge < -0.3 is 14.7 Å². The highest BCUT2D eigenvalue weighted by molar-refractivity contribution is 9.08. The zero-order valence-electron chi connectivity index (χ0n) is 15.2. The van der Waals surface area contributed by atoms with E-state index in [2.05, 4.69) is 20.7 Å². The number of ether oxygens (including phenoxy) is 1. The van der Waals surface area contributed by atoms with Gasteiger partial charge in [-0.3, -0.25) is 0 Å². The molecule has 0 aliphatic rings. The summed E-state index contributed by atoms with van der Waals surface area (Å²) in [7, 11) is 0. The Morgan fingerprint density at radius 1 is 0.967 bits per heavy atom. The van der Waals surface area contributed by atoms with Gasteiger partial charge in [0.15, 0.2) is 6.10 Å². The Morgan fingerprint density at radius 2 is 1.60 bits per heavy atom. The van der Waals surface area contributed by atoms with E-state index < -0.39 is 37.1 Å². The second-order valence-electron chi connectivity index (χ2n) is 6.35. The van der Waals surface area contributed by atoms with Gasteiger partial charge in [0.25, 0.3) is 0 Å². The predicted molar refractivity (Wildman–Crippen MR) is 100 cm³/mol. The molecule has 166 valence electrons. The number of hydrogen-bond donors (Lipinski definition) is 1. The second kappa shape index (κ2) is 9.86. The molecule has 0 spiro atoms. The van der Waals surface area contributed by atoms with Gasteiger partial charge in [-0.2, -0.15) is 30.7 Å². The first-order valence-electron chi connectivity index (χ1n) is 8.51. The molecule has 0 saturated heterocycles. The molecule has 0 aliphatic carbocycles. The van der Waals surface area contributed by atoms with Gasteiger partial charge in [-0.15, -0.1) is 0 Å². The van der Waals surface area contributed by atoms with Crippen molar-refractivity contribution in [2.75, 3.05) is 11.4 Å². The summed E-state index contributed by atoms with van der Waals surface area (Å²) in [6, 6.07) is 11.1. The zero-order valence-corrected chi connectivity index (χ0v) is 16.8. The fourth-order valence-electron chi connectivity index (χ4n) is 2.49. The van der Waals surface area contributed by atoms with E-state index in [0.29, 0.717) is 16.6 Å². The van der Waals surface area contributed by atoms with E-state index in [1.807, 2.05) is 0 Å². The number of aliphatic hydroxyl groups is 1. The first-order chi connectivity index (χ1) is 13.9. The topological polar surface area (TPSA) is 32.7 Å². The lowest BCUT2D eigenvalue weighted by molar-refractivity contribution is -0.253. The smallest absolute Gasteiger partial charge is 0.428 e. The van der Waals surface area contributed by atoms with Crippen LogP contribution in [-0.4, -0.2) is 36.5 Å². The molecule has 2 aromatic carbocycles. The predicted octanol–water partition coefficient (Wildman–Crippen LogP) is 5.75. The van der Waals surface area contributed by atoms with E-state index in [1.54, 1.807) is 24.3 Å². The van der Waals surface area contributed by atoms with E-state index in [4.69, 9.17) is 0 Å². The number of anilines is 1. The molecule has 0 amide bonds. The van der Waals surface area contributed by atoms with Gasteiger partial charge in [-0.1, -0.05) is 40.2 Å². The van der Waals surface area contributed by atoms with Crippen molar-refractivity contribution in [3.05, 3.63) is 59.7 Å². The molecule has 0 aliphatic heterocycles. The molecular formula is C19H17BrF7NO2. The van der Waals surface area contributed by atoms with Crippen molar-refractivity contribution >= 4 is 21.6 Å². The third-order valence-electron chi connectivity index (χ3n) is 4.01. The third-order valence-corrected chi connectivity index (χ3v) is 4.65. The minimum atomic E-state index is -4.83. The van der Waals surface area contributed by atoms with Crippen LogP contribution in [0.3, 0.4) is 0 Å². The average molecular weight is 504 g/mol. The van der Waals surface area contributed by atoms with Crippen molar-refractivity contribution in [1.82, 2.24) is 0 Å². The van der Waals surface area contributed by atoms with Crippen LogP contribution in [0.15, 0.2) is 48.5 Å². The average Bonchev–Trinajstić information content (AvgIpc) is 2.67. The molecule has 2 rings (SSSR count). The van der Waals surface area contributed by atoms with Crippen molar-refractivity contribution in [3.63, 3.8) is 0 Å². The molecule has 30 heavy (non-hydrogen) atoms. The first kappa shape index (κ1) is 24.3. The highest BCUT2D eigenvalue weighted by atomic mass is 79.9. The van der Waals surface area contributed by atoms with Crippen molar-refractivity contribution in [1.29, 1.82) is 0 Å². The summed E-state index contributed by atoms with van der Waals surface area (Å²) >= 11 is 3.26. The van der Waals surface area contributed by atoms with Crippen LogP contribution in [0.5, 0.6) is 5.75 Å². The van der Waals surface area contributed by atoms with Crippen molar-refractivity contribution in [2.45, 2.75) is 36.7 Å². The molecule has 0 aromatic heterocycles. The van der Waals surface area contributed by atoms with Crippen LogP contribution >= 0.6 is 15.9 Å². The zero-order chi connectivity index (χ0) is 22.5. The summed E-state index contributed by atoms with van der Waals surface area (Å²) < 4.78 is 92.9. The maximum atomic E-state index is 13.0. The monoisotopic (exact) mass is 503 g/mol. The van der Waals surface area contributed by atoms with Crippen molar-refractivity contribution < 1.29 is 40.6 Å². The number of halogens is 8. The molecule has 0 saturated carbocycles. The van der Waals surface area contributed by atoms with Crippen LogP contribution in [0.4, 0.5) is 36.4 Å². The van der Waals surface area contributed by atoms with E-state index in [1.165, 1.54) is 17.0 Å². The lowest BCUT2D eigenvalue weighted by Crippen LogP contribution is -2.40. The summed E-state index contributed by atoms with van der Waals surface area (Å²) in [6.45, 7) is -0.874. The summed E-state index contributed by atoms with van der Waals surface area (Å²) in [4.78, 5) is 1.27. The number of rotatable bonds is 9. The summed E-state index contributed by atoms with van der Waals surface area (Å²) in [5.74, 6) is -0.521. The van der Waals surface area contributed by atoms with E-state index in [0.717, 1.165) is 17.7 Å². The highest BCUT2D eigenvalue weighted by Gasteiger charge is 2.44. The van der Waals surface area contributed by atoms with Crippen LogP contribution < -0.4 is 9.64 Å². The number of alkyl halides is 8. The molecule has 1 atom stereocenters. The molecule has 3 nitrogen and oxygen atoms in total. The second-order valence-corrected chi connectivity index (χ2v) is 6.91. The summed E-state index contributed by atoms with van der Waals surface area (Å²) in [5, 5.41) is 9.95. The van der Waals surface area contributed by atoms with E-state index in [-0.39, 0.29) is 6.54 Å². The van der Waals surface area contributed by atoms with E-state index in [9.17, 15) is 35.8 Å². The van der Waals surface area contributed by atoms with Gasteiger partial charge in [-0.05, 0) is 35.4 Å². The van der Waals surface area contributed by atoms with Crippen molar-refractivity contribution in [3.8, 4) is 5.75 Å².